The highest BCUT2D eigenvalue weighted by Gasteiger charge is 2.18. The average Bonchev–Trinajstić information content (AvgIpc) is 2.63. The Bertz CT molecular complexity index is 513. The van der Waals surface area contributed by atoms with Crippen molar-refractivity contribution >= 4 is 19.7 Å². The summed E-state index contributed by atoms with van der Waals surface area (Å²) in [5.41, 5.74) is -0.440. The van der Waals surface area contributed by atoms with Crippen LogP contribution in [0, 0.1) is 16.7 Å². The highest BCUT2D eigenvalue weighted by molar-refractivity contribution is 8.13. The summed E-state index contributed by atoms with van der Waals surface area (Å²) in [5.74, 6) is 0. The van der Waals surface area contributed by atoms with Gasteiger partial charge in [0, 0.05) is 23.4 Å². The smallest absolute Gasteiger partial charge is 0.280 e. The zero-order valence-electron chi connectivity index (χ0n) is 9.01. The summed E-state index contributed by atoms with van der Waals surface area (Å²) in [5, 5.41) is 8.65. The maximum Gasteiger partial charge on any atom is 0.280 e. The number of halogens is 1. The lowest BCUT2D eigenvalue weighted by Crippen LogP contribution is -2.11. The molecule has 0 radical (unpaired) electrons. The van der Waals surface area contributed by atoms with Gasteiger partial charge in [-0.2, -0.15) is 5.26 Å². The third-order valence-electron chi connectivity index (χ3n) is 2.16. The Morgan fingerprint density at radius 2 is 2.25 bits per heavy atom. The Kier molecular flexibility index (Phi) is 3.61. The first kappa shape index (κ1) is 13.0. The minimum absolute atomic E-state index is 0.163. The molecule has 1 aromatic heterocycles. The van der Waals surface area contributed by atoms with Crippen LogP contribution in [0.1, 0.15) is 20.3 Å². The predicted octanol–water partition coefficient (Wildman–Crippen LogP) is 1.75. The molecular weight excluding hydrogens is 250 g/mol. The summed E-state index contributed by atoms with van der Waals surface area (Å²) >= 11 is 0. The molecule has 0 saturated carbocycles. The SMILES string of the molecule is CC(C)(C#N)CCn1cnc(S(=O)(=O)Cl)c1. The van der Waals surface area contributed by atoms with E-state index >= 15 is 0 Å². The normalized spacial score (nSPS) is 12.4. The van der Waals surface area contributed by atoms with Crippen molar-refractivity contribution in [2.75, 3.05) is 0 Å². The molecule has 0 aliphatic rings. The second-order valence-corrected chi connectivity index (χ2v) is 6.65. The predicted molar refractivity (Wildman–Crippen MR) is 59.3 cm³/mol. The first-order chi connectivity index (χ1) is 7.24. The zero-order valence-corrected chi connectivity index (χ0v) is 10.6. The average molecular weight is 262 g/mol. The second-order valence-electron chi connectivity index (χ2n) is 4.13. The van der Waals surface area contributed by atoms with Crippen LogP contribution in [0.25, 0.3) is 0 Å². The minimum atomic E-state index is -3.77. The first-order valence-electron chi connectivity index (χ1n) is 4.62. The maximum atomic E-state index is 10.9. The van der Waals surface area contributed by atoms with Crippen molar-refractivity contribution in [2.24, 2.45) is 5.41 Å². The summed E-state index contributed by atoms with van der Waals surface area (Å²) < 4.78 is 23.5. The van der Waals surface area contributed by atoms with Crippen LogP contribution >= 0.6 is 10.7 Å². The van der Waals surface area contributed by atoms with Gasteiger partial charge in [0.1, 0.15) is 0 Å². The summed E-state index contributed by atoms with van der Waals surface area (Å²) in [6, 6.07) is 2.17. The van der Waals surface area contributed by atoms with Gasteiger partial charge in [0.25, 0.3) is 9.05 Å². The summed E-state index contributed by atoms with van der Waals surface area (Å²) in [6.45, 7) is 4.17. The third-order valence-corrected chi connectivity index (χ3v) is 3.34. The molecule has 1 rings (SSSR count). The van der Waals surface area contributed by atoms with E-state index in [-0.39, 0.29) is 5.03 Å². The zero-order chi connectivity index (χ0) is 12.4. The highest BCUT2D eigenvalue weighted by atomic mass is 35.7. The molecule has 16 heavy (non-hydrogen) atoms. The Morgan fingerprint density at radius 3 is 2.69 bits per heavy atom. The van der Waals surface area contributed by atoms with Gasteiger partial charge < -0.3 is 4.57 Å². The van der Waals surface area contributed by atoms with Crippen LogP contribution in [0.3, 0.4) is 0 Å². The fourth-order valence-corrected chi connectivity index (χ4v) is 1.73. The Labute approximate surface area is 99.1 Å². The number of aryl methyl sites for hydroxylation is 1. The number of nitrogens with zero attached hydrogens (tertiary/aromatic N) is 3. The lowest BCUT2D eigenvalue weighted by atomic mass is 9.91. The minimum Gasteiger partial charge on any atom is -0.336 e. The Balaban J connectivity index is 2.72. The van der Waals surface area contributed by atoms with Crippen LogP contribution in [0.15, 0.2) is 17.6 Å². The molecule has 0 aromatic carbocycles. The number of rotatable bonds is 4. The van der Waals surface area contributed by atoms with Crippen LogP contribution < -0.4 is 0 Å². The topological polar surface area (TPSA) is 75.8 Å². The first-order valence-corrected chi connectivity index (χ1v) is 6.93. The molecule has 1 heterocycles. The van der Waals surface area contributed by atoms with Gasteiger partial charge in [-0.25, -0.2) is 13.4 Å². The molecule has 5 nitrogen and oxygen atoms in total. The van der Waals surface area contributed by atoms with Gasteiger partial charge in [-0.15, -0.1) is 0 Å². The van der Waals surface area contributed by atoms with E-state index in [2.05, 4.69) is 11.1 Å². The second kappa shape index (κ2) is 4.44. The van der Waals surface area contributed by atoms with Crippen LogP contribution in [-0.4, -0.2) is 18.0 Å². The number of aromatic nitrogens is 2. The van der Waals surface area contributed by atoms with Crippen LogP contribution in [0.4, 0.5) is 0 Å². The number of hydrogen-bond acceptors (Lipinski definition) is 4. The number of hydrogen-bond donors (Lipinski definition) is 0. The highest BCUT2D eigenvalue weighted by Crippen LogP contribution is 2.20. The molecule has 0 atom stereocenters. The van der Waals surface area contributed by atoms with Gasteiger partial charge in [-0.05, 0) is 20.3 Å². The number of nitriles is 1. The number of imidazole rings is 1. The molecule has 0 spiro atoms. The molecular formula is C9H12ClN3O2S. The van der Waals surface area contributed by atoms with Crippen LogP contribution in [-0.2, 0) is 15.6 Å². The Morgan fingerprint density at radius 1 is 1.62 bits per heavy atom. The summed E-state index contributed by atoms with van der Waals surface area (Å²) in [4.78, 5) is 3.67. The van der Waals surface area contributed by atoms with E-state index in [1.54, 1.807) is 4.57 Å². The molecule has 0 unspecified atom stereocenters. The van der Waals surface area contributed by atoms with Crippen LogP contribution in [0.5, 0.6) is 0 Å². The maximum absolute atomic E-state index is 10.9. The van der Waals surface area contributed by atoms with Crippen molar-refractivity contribution in [2.45, 2.75) is 31.8 Å². The molecule has 0 saturated heterocycles. The molecule has 0 bridgehead atoms. The molecule has 0 aliphatic carbocycles. The summed E-state index contributed by atoms with van der Waals surface area (Å²) in [7, 11) is 1.37. The standard InChI is InChI=1S/C9H12ClN3O2S/c1-9(2,6-11)3-4-13-5-8(12-7-13)16(10,14)15/h5,7H,3-4H2,1-2H3. The van der Waals surface area contributed by atoms with Crippen LogP contribution in [0.2, 0.25) is 0 Å². The van der Waals surface area contributed by atoms with Gasteiger partial charge in [-0.1, -0.05) is 0 Å². The van der Waals surface area contributed by atoms with Crippen molar-refractivity contribution in [3.63, 3.8) is 0 Å². The monoisotopic (exact) mass is 261 g/mol. The van der Waals surface area contributed by atoms with Gasteiger partial charge in [-0.3, -0.25) is 0 Å². The van der Waals surface area contributed by atoms with Gasteiger partial charge in [0.2, 0.25) is 0 Å². The quantitative estimate of drug-likeness (QED) is 0.774. The third kappa shape index (κ3) is 3.51. The summed E-state index contributed by atoms with van der Waals surface area (Å²) in [6.07, 6.45) is 3.36. The van der Waals surface area contributed by atoms with E-state index in [0.717, 1.165) is 0 Å². The lowest BCUT2D eigenvalue weighted by Gasteiger charge is -2.14. The lowest BCUT2D eigenvalue weighted by molar-refractivity contribution is 0.413. The van der Waals surface area contributed by atoms with Crippen molar-refractivity contribution < 1.29 is 8.42 Å². The van der Waals surface area contributed by atoms with E-state index in [0.29, 0.717) is 13.0 Å². The van der Waals surface area contributed by atoms with Gasteiger partial charge >= 0.3 is 0 Å². The van der Waals surface area contributed by atoms with E-state index < -0.39 is 14.5 Å². The molecule has 0 amide bonds. The fourth-order valence-electron chi connectivity index (χ4n) is 1.05. The van der Waals surface area contributed by atoms with E-state index in [1.165, 1.54) is 12.5 Å². The molecule has 0 fully saturated rings. The van der Waals surface area contributed by atoms with E-state index in [9.17, 15) is 8.42 Å². The Hall–Kier alpha value is -1.06. The van der Waals surface area contributed by atoms with Gasteiger partial charge in [0.05, 0.1) is 17.8 Å². The van der Waals surface area contributed by atoms with Crippen molar-refractivity contribution in [1.82, 2.24) is 9.55 Å². The molecule has 0 N–H and O–H groups in total. The van der Waals surface area contributed by atoms with E-state index in [1.807, 2.05) is 13.8 Å². The molecule has 7 heteroatoms. The molecule has 0 aliphatic heterocycles. The largest absolute Gasteiger partial charge is 0.336 e. The van der Waals surface area contributed by atoms with Gasteiger partial charge in [0.15, 0.2) is 5.03 Å². The molecule has 1 aromatic rings. The van der Waals surface area contributed by atoms with Crippen molar-refractivity contribution in [1.29, 1.82) is 5.26 Å². The van der Waals surface area contributed by atoms with Crippen molar-refractivity contribution in [3.8, 4) is 6.07 Å². The fraction of sp³-hybridized carbons (Fsp3) is 0.556. The van der Waals surface area contributed by atoms with E-state index in [4.69, 9.17) is 15.9 Å². The van der Waals surface area contributed by atoms with Crippen molar-refractivity contribution in [3.05, 3.63) is 12.5 Å². The molecule has 88 valence electrons.